The van der Waals surface area contributed by atoms with Crippen LogP contribution in [-0.4, -0.2) is 44.6 Å². The van der Waals surface area contributed by atoms with E-state index in [4.69, 9.17) is 4.74 Å². The summed E-state index contributed by atoms with van der Waals surface area (Å²) in [6.07, 6.45) is 0. The number of nitrogens with zero attached hydrogens (tertiary/aromatic N) is 1. The van der Waals surface area contributed by atoms with E-state index >= 15 is 0 Å². The fourth-order valence-electron chi connectivity index (χ4n) is 1.57. The van der Waals surface area contributed by atoms with E-state index in [-0.39, 0.29) is 12.5 Å². The van der Waals surface area contributed by atoms with Crippen molar-refractivity contribution in [2.24, 2.45) is 0 Å². The molecule has 0 saturated heterocycles. The van der Waals surface area contributed by atoms with Gasteiger partial charge in [-0.05, 0) is 39.6 Å². The Hall–Kier alpha value is -1.55. The summed E-state index contributed by atoms with van der Waals surface area (Å²) >= 11 is 0. The maximum Gasteiger partial charge on any atom is 0.257 e. The molecule has 0 unspecified atom stereocenters. The third-order valence-electron chi connectivity index (χ3n) is 2.57. The van der Waals surface area contributed by atoms with Gasteiger partial charge in [-0.3, -0.25) is 4.79 Å². The van der Waals surface area contributed by atoms with Gasteiger partial charge in [-0.25, -0.2) is 0 Å². The largest absolute Gasteiger partial charge is 0.484 e. The number of nitrogens with one attached hydrogen (secondary N) is 1. The van der Waals surface area contributed by atoms with Gasteiger partial charge in [-0.1, -0.05) is 17.7 Å². The number of ether oxygens (including phenoxy) is 1. The number of hydrogen-bond donors (Lipinski definition) is 1. The maximum atomic E-state index is 11.5. The van der Waals surface area contributed by atoms with Crippen molar-refractivity contribution in [3.8, 4) is 5.75 Å². The molecule has 1 rings (SSSR count). The van der Waals surface area contributed by atoms with Gasteiger partial charge < -0.3 is 15.0 Å². The van der Waals surface area contributed by atoms with E-state index in [0.29, 0.717) is 6.54 Å². The van der Waals surface area contributed by atoms with E-state index in [0.717, 1.165) is 17.9 Å². The van der Waals surface area contributed by atoms with Gasteiger partial charge in [0, 0.05) is 13.1 Å². The van der Waals surface area contributed by atoms with E-state index in [1.807, 2.05) is 51.0 Å². The van der Waals surface area contributed by atoms with Gasteiger partial charge in [0.25, 0.3) is 5.91 Å². The zero-order chi connectivity index (χ0) is 13.5. The van der Waals surface area contributed by atoms with Crippen molar-refractivity contribution >= 4 is 5.91 Å². The molecule has 0 saturated carbocycles. The van der Waals surface area contributed by atoms with Crippen molar-refractivity contribution in [1.29, 1.82) is 0 Å². The third-order valence-corrected chi connectivity index (χ3v) is 2.57. The first-order valence-electron chi connectivity index (χ1n) is 6.10. The molecule has 0 heterocycles. The minimum Gasteiger partial charge on any atom is -0.484 e. The number of carbonyl (C=O) groups excluding carboxylic acids is 1. The lowest BCUT2D eigenvalue weighted by molar-refractivity contribution is -0.123. The molecule has 100 valence electrons. The molecule has 0 aliphatic carbocycles. The summed E-state index contributed by atoms with van der Waals surface area (Å²) in [5.41, 5.74) is 2.24. The summed E-state index contributed by atoms with van der Waals surface area (Å²) in [5, 5.41) is 2.81. The highest BCUT2D eigenvalue weighted by Crippen LogP contribution is 2.18. The van der Waals surface area contributed by atoms with Crippen LogP contribution in [0.2, 0.25) is 0 Å². The van der Waals surface area contributed by atoms with E-state index < -0.39 is 0 Å². The highest BCUT2D eigenvalue weighted by molar-refractivity contribution is 5.77. The van der Waals surface area contributed by atoms with Crippen LogP contribution in [0.1, 0.15) is 11.1 Å². The monoisotopic (exact) mass is 250 g/mol. The standard InChI is InChI=1S/C14H22N2O2/c1-11-5-6-13(12(2)9-11)18-10-14(17)15-7-8-16(3)4/h5-6,9H,7-8,10H2,1-4H3,(H,15,17). The zero-order valence-electron chi connectivity index (χ0n) is 11.6. The Morgan fingerprint density at radius 2 is 2.06 bits per heavy atom. The van der Waals surface area contributed by atoms with Crippen LogP contribution in [0.5, 0.6) is 5.75 Å². The van der Waals surface area contributed by atoms with Gasteiger partial charge in [-0.15, -0.1) is 0 Å². The first-order valence-corrected chi connectivity index (χ1v) is 6.10. The molecule has 1 aromatic rings. The fourth-order valence-corrected chi connectivity index (χ4v) is 1.57. The van der Waals surface area contributed by atoms with Crippen LogP contribution in [0, 0.1) is 13.8 Å². The number of amides is 1. The van der Waals surface area contributed by atoms with Crippen LogP contribution in [-0.2, 0) is 4.79 Å². The predicted molar refractivity (Wildman–Crippen MR) is 73.0 cm³/mol. The molecule has 0 aliphatic heterocycles. The molecule has 0 spiro atoms. The van der Waals surface area contributed by atoms with Gasteiger partial charge in [0.1, 0.15) is 5.75 Å². The van der Waals surface area contributed by atoms with E-state index in [9.17, 15) is 4.79 Å². The third kappa shape index (κ3) is 5.19. The quantitative estimate of drug-likeness (QED) is 0.829. The zero-order valence-corrected chi connectivity index (χ0v) is 11.6. The number of carbonyl (C=O) groups is 1. The molecule has 0 atom stereocenters. The van der Waals surface area contributed by atoms with Crippen molar-refractivity contribution in [3.63, 3.8) is 0 Å². The summed E-state index contributed by atoms with van der Waals surface area (Å²) in [5.74, 6) is 0.681. The lowest BCUT2D eigenvalue weighted by Gasteiger charge is -2.12. The van der Waals surface area contributed by atoms with Gasteiger partial charge in [-0.2, -0.15) is 0 Å². The van der Waals surface area contributed by atoms with Crippen LogP contribution in [0.3, 0.4) is 0 Å². The molecule has 0 aromatic heterocycles. The van der Waals surface area contributed by atoms with Crippen LogP contribution in [0.25, 0.3) is 0 Å². The summed E-state index contributed by atoms with van der Waals surface area (Å²) in [4.78, 5) is 13.5. The normalized spacial score (nSPS) is 10.5. The van der Waals surface area contributed by atoms with Crippen molar-refractivity contribution in [2.75, 3.05) is 33.8 Å². The lowest BCUT2D eigenvalue weighted by Crippen LogP contribution is -2.34. The molecule has 0 aliphatic rings. The van der Waals surface area contributed by atoms with Gasteiger partial charge in [0.05, 0.1) is 0 Å². The number of rotatable bonds is 6. The van der Waals surface area contributed by atoms with Crippen molar-refractivity contribution in [3.05, 3.63) is 29.3 Å². The number of likely N-dealkylation sites (N-methyl/N-ethyl adjacent to an activating group) is 1. The summed E-state index contributed by atoms with van der Waals surface area (Å²) < 4.78 is 5.49. The number of benzene rings is 1. The first-order chi connectivity index (χ1) is 8.49. The molecule has 0 fully saturated rings. The Balaban J connectivity index is 2.33. The van der Waals surface area contributed by atoms with Crippen LogP contribution in [0.15, 0.2) is 18.2 Å². The Labute approximate surface area is 109 Å². The molecule has 0 radical (unpaired) electrons. The smallest absolute Gasteiger partial charge is 0.257 e. The Morgan fingerprint density at radius 1 is 1.33 bits per heavy atom. The minimum absolute atomic E-state index is 0.0668. The molecule has 1 N–H and O–H groups in total. The van der Waals surface area contributed by atoms with Gasteiger partial charge >= 0.3 is 0 Å². The molecule has 4 nitrogen and oxygen atoms in total. The second-order valence-corrected chi connectivity index (χ2v) is 4.71. The summed E-state index contributed by atoms with van der Waals surface area (Å²) in [6.45, 7) is 5.55. The highest BCUT2D eigenvalue weighted by atomic mass is 16.5. The fraction of sp³-hybridized carbons (Fsp3) is 0.500. The summed E-state index contributed by atoms with van der Waals surface area (Å²) in [7, 11) is 3.94. The maximum absolute atomic E-state index is 11.5. The number of aryl methyl sites for hydroxylation is 2. The Bertz CT molecular complexity index is 403. The molecule has 18 heavy (non-hydrogen) atoms. The highest BCUT2D eigenvalue weighted by Gasteiger charge is 2.04. The molecule has 4 heteroatoms. The molecule has 1 aromatic carbocycles. The second kappa shape index (κ2) is 7.01. The van der Waals surface area contributed by atoms with E-state index in [1.165, 1.54) is 5.56 Å². The van der Waals surface area contributed by atoms with Crippen LogP contribution >= 0.6 is 0 Å². The first kappa shape index (κ1) is 14.5. The van der Waals surface area contributed by atoms with Crippen molar-refractivity contribution in [2.45, 2.75) is 13.8 Å². The van der Waals surface area contributed by atoms with E-state index in [1.54, 1.807) is 0 Å². The summed E-state index contributed by atoms with van der Waals surface area (Å²) in [6, 6.07) is 5.92. The average Bonchev–Trinajstić information content (AvgIpc) is 2.27. The van der Waals surface area contributed by atoms with Crippen LogP contribution in [0.4, 0.5) is 0 Å². The van der Waals surface area contributed by atoms with E-state index in [2.05, 4.69) is 5.32 Å². The lowest BCUT2D eigenvalue weighted by atomic mass is 10.1. The Morgan fingerprint density at radius 3 is 2.67 bits per heavy atom. The van der Waals surface area contributed by atoms with Crippen molar-refractivity contribution < 1.29 is 9.53 Å². The van der Waals surface area contributed by atoms with Gasteiger partial charge in [0.2, 0.25) is 0 Å². The molecule has 1 amide bonds. The Kier molecular flexibility index (Phi) is 5.65. The topological polar surface area (TPSA) is 41.6 Å². The SMILES string of the molecule is Cc1ccc(OCC(=O)NCCN(C)C)c(C)c1. The van der Waals surface area contributed by atoms with Gasteiger partial charge in [0.15, 0.2) is 6.61 Å². The molecule has 0 bridgehead atoms. The molecular formula is C14H22N2O2. The van der Waals surface area contributed by atoms with Crippen molar-refractivity contribution in [1.82, 2.24) is 10.2 Å². The van der Waals surface area contributed by atoms with Crippen LogP contribution < -0.4 is 10.1 Å². The molecular weight excluding hydrogens is 228 g/mol. The number of hydrogen-bond acceptors (Lipinski definition) is 3. The second-order valence-electron chi connectivity index (χ2n) is 4.71. The predicted octanol–water partition coefficient (Wildman–Crippen LogP) is 1.36. The minimum atomic E-state index is -0.0863. The average molecular weight is 250 g/mol.